The van der Waals surface area contributed by atoms with Gasteiger partial charge >= 0.3 is 0 Å². The number of amides is 1. The lowest BCUT2D eigenvalue weighted by atomic mass is 10.1. The van der Waals surface area contributed by atoms with Crippen LogP contribution in [-0.2, 0) is 6.54 Å². The van der Waals surface area contributed by atoms with Crippen molar-refractivity contribution in [3.8, 4) is 0 Å². The van der Waals surface area contributed by atoms with Gasteiger partial charge in [0.15, 0.2) is 0 Å². The quantitative estimate of drug-likeness (QED) is 0.901. The molecular weight excluding hydrogens is 231 g/mol. The first kappa shape index (κ1) is 12.2. The molecule has 0 aliphatic rings. The third-order valence-corrected chi connectivity index (χ3v) is 2.68. The maximum atomic E-state index is 13.4. The van der Waals surface area contributed by atoms with Crippen molar-refractivity contribution < 1.29 is 9.18 Å². The number of nitrogens with one attached hydrogen (secondary N) is 1. The molecule has 4 heteroatoms. The molecule has 0 saturated carbocycles. The molecule has 3 nitrogen and oxygen atoms in total. The summed E-state index contributed by atoms with van der Waals surface area (Å²) in [6.45, 7) is 2.00. The lowest BCUT2D eigenvalue weighted by Gasteiger charge is -2.07. The van der Waals surface area contributed by atoms with Crippen molar-refractivity contribution in [2.75, 3.05) is 0 Å². The summed E-state index contributed by atoms with van der Waals surface area (Å²) in [5.74, 6) is -0.565. The Hall–Kier alpha value is -2.23. The van der Waals surface area contributed by atoms with Gasteiger partial charge in [-0.15, -0.1) is 0 Å². The summed E-state index contributed by atoms with van der Waals surface area (Å²) in [6, 6.07) is 8.13. The molecule has 0 unspecified atom stereocenters. The van der Waals surface area contributed by atoms with Gasteiger partial charge in [-0.05, 0) is 24.6 Å². The number of carbonyl (C=O) groups excluding carboxylic acids is 1. The van der Waals surface area contributed by atoms with Gasteiger partial charge in [-0.25, -0.2) is 4.39 Å². The van der Waals surface area contributed by atoms with Gasteiger partial charge in [-0.1, -0.05) is 18.2 Å². The minimum Gasteiger partial charge on any atom is -0.348 e. The van der Waals surface area contributed by atoms with E-state index in [9.17, 15) is 9.18 Å². The van der Waals surface area contributed by atoms with Gasteiger partial charge in [0.05, 0.1) is 5.56 Å². The van der Waals surface area contributed by atoms with Crippen LogP contribution in [0.3, 0.4) is 0 Å². The first-order valence-electron chi connectivity index (χ1n) is 5.60. The summed E-state index contributed by atoms with van der Waals surface area (Å²) in [7, 11) is 0. The van der Waals surface area contributed by atoms with Crippen LogP contribution in [0, 0.1) is 12.7 Å². The monoisotopic (exact) mass is 244 g/mol. The molecule has 1 heterocycles. The summed E-state index contributed by atoms with van der Waals surface area (Å²) in [4.78, 5) is 15.8. The highest BCUT2D eigenvalue weighted by molar-refractivity contribution is 5.95. The van der Waals surface area contributed by atoms with E-state index < -0.39 is 0 Å². The van der Waals surface area contributed by atoms with Gasteiger partial charge in [-0.3, -0.25) is 9.78 Å². The summed E-state index contributed by atoms with van der Waals surface area (Å²) in [5, 5.41) is 2.68. The lowest BCUT2D eigenvalue weighted by Crippen LogP contribution is -2.24. The van der Waals surface area contributed by atoms with E-state index in [1.807, 2.05) is 6.92 Å². The Kier molecular flexibility index (Phi) is 3.67. The maximum Gasteiger partial charge on any atom is 0.253 e. The van der Waals surface area contributed by atoms with Crippen molar-refractivity contribution in [1.82, 2.24) is 10.3 Å². The number of carbonyl (C=O) groups is 1. The highest BCUT2D eigenvalue weighted by Crippen LogP contribution is 2.08. The minimum absolute atomic E-state index is 0.167. The summed E-state index contributed by atoms with van der Waals surface area (Å²) < 4.78 is 13.4. The maximum absolute atomic E-state index is 13.4. The summed E-state index contributed by atoms with van der Waals surface area (Å²) in [5.41, 5.74) is 1.82. The number of hydrogen-bond donors (Lipinski definition) is 1. The molecule has 0 radical (unpaired) electrons. The lowest BCUT2D eigenvalue weighted by molar-refractivity contribution is 0.0949. The average molecular weight is 244 g/mol. The largest absolute Gasteiger partial charge is 0.348 e. The molecule has 1 aromatic carbocycles. The fourth-order valence-corrected chi connectivity index (χ4v) is 1.61. The first-order chi connectivity index (χ1) is 8.68. The molecule has 1 amide bonds. The second kappa shape index (κ2) is 5.40. The predicted octanol–water partition coefficient (Wildman–Crippen LogP) is 2.46. The van der Waals surface area contributed by atoms with Crippen LogP contribution in [0.25, 0.3) is 0 Å². The predicted molar refractivity (Wildman–Crippen MR) is 66.5 cm³/mol. The van der Waals surface area contributed by atoms with Gasteiger partial charge < -0.3 is 5.32 Å². The second-order valence-corrected chi connectivity index (χ2v) is 3.96. The summed E-state index contributed by atoms with van der Waals surface area (Å²) >= 11 is 0. The number of rotatable bonds is 3. The standard InChI is InChI=1S/C14H13FN2O/c1-10-6-7-16-9-12(10)14(18)17-8-11-4-2-3-5-13(11)15/h2-7,9H,8H2,1H3,(H,17,18). The normalized spacial score (nSPS) is 10.1. The van der Waals surface area contributed by atoms with Crippen LogP contribution >= 0.6 is 0 Å². The SMILES string of the molecule is Cc1ccncc1C(=O)NCc1ccccc1F. The molecule has 0 bridgehead atoms. The van der Waals surface area contributed by atoms with Crippen LogP contribution < -0.4 is 5.32 Å². The molecule has 0 aliphatic carbocycles. The smallest absolute Gasteiger partial charge is 0.253 e. The Morgan fingerprint density at radius 1 is 1.33 bits per heavy atom. The zero-order chi connectivity index (χ0) is 13.0. The molecule has 2 rings (SSSR count). The number of pyridine rings is 1. The number of aryl methyl sites for hydroxylation is 1. The average Bonchev–Trinajstić information content (AvgIpc) is 2.38. The van der Waals surface area contributed by atoms with Gasteiger partial charge in [-0.2, -0.15) is 0 Å². The van der Waals surface area contributed by atoms with Gasteiger partial charge in [0.1, 0.15) is 5.82 Å². The van der Waals surface area contributed by atoms with Crippen LogP contribution in [-0.4, -0.2) is 10.9 Å². The van der Waals surface area contributed by atoms with Crippen LogP contribution in [0.2, 0.25) is 0 Å². The van der Waals surface area contributed by atoms with Gasteiger partial charge in [0.25, 0.3) is 5.91 Å². The number of halogens is 1. The first-order valence-corrected chi connectivity index (χ1v) is 5.60. The van der Waals surface area contributed by atoms with Crippen molar-refractivity contribution >= 4 is 5.91 Å². The zero-order valence-electron chi connectivity index (χ0n) is 9.98. The minimum atomic E-state index is -0.319. The third kappa shape index (κ3) is 2.71. The number of hydrogen-bond acceptors (Lipinski definition) is 2. The molecule has 2 aromatic rings. The van der Waals surface area contributed by atoms with Crippen LogP contribution in [0.5, 0.6) is 0 Å². The fraction of sp³-hybridized carbons (Fsp3) is 0.143. The van der Waals surface area contributed by atoms with E-state index in [0.717, 1.165) is 5.56 Å². The highest BCUT2D eigenvalue weighted by Gasteiger charge is 2.09. The number of aromatic nitrogens is 1. The number of nitrogens with zero attached hydrogens (tertiary/aromatic N) is 1. The molecular formula is C14H13FN2O. The Balaban J connectivity index is 2.06. The molecule has 92 valence electrons. The highest BCUT2D eigenvalue weighted by atomic mass is 19.1. The van der Waals surface area contributed by atoms with Crippen LogP contribution in [0.4, 0.5) is 4.39 Å². The topological polar surface area (TPSA) is 42.0 Å². The Morgan fingerprint density at radius 3 is 2.83 bits per heavy atom. The van der Waals surface area contributed by atoms with E-state index in [-0.39, 0.29) is 18.3 Å². The van der Waals surface area contributed by atoms with Crippen molar-refractivity contribution in [3.63, 3.8) is 0 Å². The molecule has 18 heavy (non-hydrogen) atoms. The van der Waals surface area contributed by atoms with E-state index in [2.05, 4.69) is 10.3 Å². The van der Waals surface area contributed by atoms with Crippen LogP contribution in [0.1, 0.15) is 21.5 Å². The van der Waals surface area contributed by atoms with Crippen molar-refractivity contribution in [2.24, 2.45) is 0 Å². The van der Waals surface area contributed by atoms with Crippen molar-refractivity contribution in [1.29, 1.82) is 0 Å². The molecule has 0 atom stereocenters. The Labute approximate surface area is 105 Å². The second-order valence-electron chi connectivity index (χ2n) is 3.96. The summed E-state index contributed by atoms with van der Waals surface area (Å²) in [6.07, 6.45) is 3.13. The molecule has 0 saturated heterocycles. The Bertz CT molecular complexity index is 569. The van der Waals surface area contributed by atoms with Crippen LogP contribution in [0.15, 0.2) is 42.7 Å². The molecule has 1 N–H and O–H groups in total. The van der Waals surface area contributed by atoms with Crippen molar-refractivity contribution in [3.05, 3.63) is 65.2 Å². The van der Waals surface area contributed by atoms with Gasteiger partial charge in [0, 0.05) is 24.5 Å². The van der Waals surface area contributed by atoms with E-state index in [1.165, 1.54) is 12.3 Å². The Morgan fingerprint density at radius 2 is 2.11 bits per heavy atom. The molecule has 1 aromatic heterocycles. The van der Waals surface area contributed by atoms with E-state index in [0.29, 0.717) is 11.1 Å². The van der Waals surface area contributed by atoms with E-state index >= 15 is 0 Å². The van der Waals surface area contributed by atoms with E-state index in [4.69, 9.17) is 0 Å². The molecule has 0 aliphatic heterocycles. The molecule has 0 fully saturated rings. The van der Waals surface area contributed by atoms with Gasteiger partial charge in [0.2, 0.25) is 0 Å². The third-order valence-electron chi connectivity index (χ3n) is 2.68. The zero-order valence-corrected chi connectivity index (χ0v) is 9.98. The number of benzene rings is 1. The van der Waals surface area contributed by atoms with Crippen molar-refractivity contribution in [2.45, 2.75) is 13.5 Å². The fourth-order valence-electron chi connectivity index (χ4n) is 1.61. The van der Waals surface area contributed by atoms with E-state index in [1.54, 1.807) is 30.5 Å². The molecule has 0 spiro atoms.